The summed E-state index contributed by atoms with van der Waals surface area (Å²) in [6, 6.07) is 6.56. The molecular weight excluding hydrogens is 252 g/mol. The van der Waals surface area contributed by atoms with Crippen molar-refractivity contribution in [2.75, 3.05) is 20.3 Å². The van der Waals surface area contributed by atoms with Gasteiger partial charge >= 0.3 is 0 Å². The van der Waals surface area contributed by atoms with Gasteiger partial charge in [0.2, 0.25) is 5.89 Å². The van der Waals surface area contributed by atoms with Gasteiger partial charge in [-0.1, -0.05) is 26.8 Å². The van der Waals surface area contributed by atoms with Crippen molar-refractivity contribution in [3.63, 3.8) is 0 Å². The molecule has 0 spiro atoms. The molecule has 20 heavy (non-hydrogen) atoms. The predicted octanol–water partition coefficient (Wildman–Crippen LogP) is 2.83. The highest BCUT2D eigenvalue weighted by molar-refractivity contribution is 5.74. The molecule has 2 unspecified atom stereocenters. The van der Waals surface area contributed by atoms with Crippen molar-refractivity contribution in [1.29, 1.82) is 0 Å². The Kier molecular flexibility index (Phi) is 3.30. The van der Waals surface area contributed by atoms with Crippen LogP contribution in [0.1, 0.15) is 38.1 Å². The second-order valence-electron chi connectivity index (χ2n) is 6.52. The number of nitrogens with one attached hydrogen (secondary N) is 1. The highest BCUT2D eigenvalue weighted by Crippen LogP contribution is 2.30. The Bertz CT molecular complexity index is 612. The fourth-order valence-corrected chi connectivity index (χ4v) is 2.65. The lowest BCUT2D eigenvalue weighted by molar-refractivity contribution is 0.186. The molecule has 0 radical (unpaired) electrons. The molecule has 1 N–H and O–H groups in total. The lowest BCUT2D eigenvalue weighted by Crippen LogP contribution is -2.31. The van der Waals surface area contributed by atoms with Gasteiger partial charge < -0.3 is 14.5 Å². The average molecular weight is 274 g/mol. The van der Waals surface area contributed by atoms with Crippen molar-refractivity contribution in [3.8, 4) is 0 Å². The maximum Gasteiger partial charge on any atom is 0.202 e. The molecule has 2 aromatic rings. The van der Waals surface area contributed by atoms with Gasteiger partial charge in [-0.25, -0.2) is 4.98 Å². The zero-order chi connectivity index (χ0) is 14.3. The van der Waals surface area contributed by atoms with Crippen molar-refractivity contribution in [1.82, 2.24) is 10.3 Å². The van der Waals surface area contributed by atoms with Crippen molar-refractivity contribution in [3.05, 3.63) is 29.7 Å². The van der Waals surface area contributed by atoms with Crippen LogP contribution in [0.15, 0.2) is 22.6 Å². The number of oxazole rings is 1. The quantitative estimate of drug-likeness (QED) is 0.914. The fraction of sp³-hybridized carbons (Fsp3) is 0.562. The molecule has 1 aromatic carbocycles. The van der Waals surface area contributed by atoms with Gasteiger partial charge in [0.05, 0.1) is 19.1 Å². The molecular formula is C16H22N2O2. The van der Waals surface area contributed by atoms with E-state index in [0.29, 0.717) is 13.2 Å². The number of fused-ring (bicyclic) bond motifs is 1. The largest absolute Gasteiger partial charge is 0.440 e. The first-order valence-electron chi connectivity index (χ1n) is 7.15. The Morgan fingerprint density at radius 3 is 2.75 bits per heavy atom. The normalized spacial score (nSPS) is 23.6. The number of rotatable bonds is 2. The monoisotopic (exact) mass is 274 g/mol. The summed E-state index contributed by atoms with van der Waals surface area (Å²) in [5, 5.41) is 3.27. The van der Waals surface area contributed by atoms with Gasteiger partial charge in [0, 0.05) is 6.04 Å². The maximum atomic E-state index is 5.92. The van der Waals surface area contributed by atoms with E-state index in [1.54, 1.807) is 0 Å². The third-order valence-corrected chi connectivity index (χ3v) is 4.04. The van der Waals surface area contributed by atoms with Gasteiger partial charge in [0.25, 0.3) is 0 Å². The molecule has 1 saturated heterocycles. The van der Waals surface area contributed by atoms with Crippen LogP contribution in [-0.2, 0) is 10.2 Å². The summed E-state index contributed by atoms with van der Waals surface area (Å²) in [6.45, 7) is 8.00. The molecule has 2 atom stereocenters. The maximum absolute atomic E-state index is 5.92. The summed E-state index contributed by atoms with van der Waals surface area (Å²) in [7, 11) is 1.95. The van der Waals surface area contributed by atoms with Gasteiger partial charge in [0.1, 0.15) is 5.52 Å². The topological polar surface area (TPSA) is 47.3 Å². The number of ether oxygens (including phenoxy) is 1. The standard InChI is InChI=1S/C16H22N2O2/c1-16(2,3)10-5-6-14-12(7-10)18-15(20-14)11-8-19-9-13(11)17-4/h5-7,11,13,17H,8-9H2,1-4H3. The molecule has 1 aromatic heterocycles. The minimum atomic E-state index is 0.122. The van der Waals surface area contributed by atoms with Crippen LogP contribution in [0.25, 0.3) is 11.1 Å². The lowest BCUT2D eigenvalue weighted by Gasteiger charge is -2.18. The minimum absolute atomic E-state index is 0.122. The number of hydrogen-bond donors (Lipinski definition) is 1. The smallest absolute Gasteiger partial charge is 0.202 e. The lowest BCUT2D eigenvalue weighted by atomic mass is 9.87. The summed E-state index contributed by atoms with van der Waals surface area (Å²) in [4.78, 5) is 4.68. The van der Waals surface area contributed by atoms with Gasteiger partial charge in [-0.3, -0.25) is 0 Å². The summed E-state index contributed by atoms with van der Waals surface area (Å²) in [5.74, 6) is 0.980. The van der Waals surface area contributed by atoms with Crippen LogP contribution >= 0.6 is 0 Å². The van der Waals surface area contributed by atoms with Crippen LogP contribution < -0.4 is 5.32 Å². The van der Waals surface area contributed by atoms with E-state index in [4.69, 9.17) is 9.15 Å². The van der Waals surface area contributed by atoms with Crippen LogP contribution in [0.4, 0.5) is 0 Å². The number of aromatic nitrogens is 1. The van der Waals surface area contributed by atoms with Crippen molar-refractivity contribution in [2.24, 2.45) is 0 Å². The van der Waals surface area contributed by atoms with E-state index in [0.717, 1.165) is 17.0 Å². The van der Waals surface area contributed by atoms with E-state index in [1.807, 2.05) is 13.1 Å². The molecule has 0 saturated carbocycles. The van der Waals surface area contributed by atoms with E-state index in [2.05, 4.69) is 43.2 Å². The predicted molar refractivity (Wildman–Crippen MR) is 79.1 cm³/mol. The summed E-state index contributed by atoms with van der Waals surface area (Å²) >= 11 is 0. The molecule has 1 aliphatic rings. The summed E-state index contributed by atoms with van der Waals surface area (Å²) in [6.07, 6.45) is 0. The van der Waals surface area contributed by atoms with Crippen LogP contribution in [0.3, 0.4) is 0 Å². The molecule has 0 amide bonds. The SMILES string of the molecule is CNC1COCC1c1nc2cc(C(C)(C)C)ccc2o1. The molecule has 1 fully saturated rings. The van der Waals surface area contributed by atoms with E-state index in [9.17, 15) is 0 Å². The zero-order valence-corrected chi connectivity index (χ0v) is 12.6. The molecule has 2 heterocycles. The van der Waals surface area contributed by atoms with E-state index >= 15 is 0 Å². The molecule has 4 nitrogen and oxygen atoms in total. The van der Waals surface area contributed by atoms with Crippen LogP contribution in [0, 0.1) is 0 Å². The fourth-order valence-electron chi connectivity index (χ4n) is 2.65. The minimum Gasteiger partial charge on any atom is -0.440 e. The van der Waals surface area contributed by atoms with Crippen LogP contribution in [-0.4, -0.2) is 31.3 Å². The number of likely N-dealkylation sites (N-methyl/N-ethyl adjacent to an activating group) is 1. The first kappa shape index (κ1) is 13.6. The van der Waals surface area contributed by atoms with E-state index < -0.39 is 0 Å². The zero-order valence-electron chi connectivity index (χ0n) is 12.6. The second kappa shape index (κ2) is 4.86. The number of hydrogen-bond acceptors (Lipinski definition) is 4. The summed E-state index contributed by atoms with van der Waals surface area (Å²) in [5.41, 5.74) is 3.19. The molecule has 0 bridgehead atoms. The Hall–Kier alpha value is -1.39. The molecule has 0 aliphatic carbocycles. The van der Waals surface area contributed by atoms with Crippen LogP contribution in [0.5, 0.6) is 0 Å². The van der Waals surface area contributed by atoms with Crippen molar-refractivity contribution >= 4 is 11.1 Å². The van der Waals surface area contributed by atoms with Gasteiger partial charge in [0.15, 0.2) is 5.58 Å². The summed E-state index contributed by atoms with van der Waals surface area (Å²) < 4.78 is 11.4. The van der Waals surface area contributed by atoms with E-state index in [1.165, 1.54) is 5.56 Å². The third kappa shape index (κ3) is 2.34. The molecule has 3 rings (SSSR count). The van der Waals surface area contributed by atoms with E-state index in [-0.39, 0.29) is 17.4 Å². The van der Waals surface area contributed by atoms with Crippen LogP contribution in [0.2, 0.25) is 0 Å². The Morgan fingerprint density at radius 1 is 1.25 bits per heavy atom. The Balaban J connectivity index is 1.98. The first-order valence-corrected chi connectivity index (χ1v) is 7.15. The van der Waals surface area contributed by atoms with Gasteiger partial charge in [-0.05, 0) is 30.2 Å². The van der Waals surface area contributed by atoms with Crippen molar-refractivity contribution in [2.45, 2.75) is 38.1 Å². The Morgan fingerprint density at radius 2 is 2.05 bits per heavy atom. The highest BCUT2D eigenvalue weighted by Gasteiger charge is 2.32. The molecule has 108 valence electrons. The van der Waals surface area contributed by atoms with Gasteiger partial charge in [-0.2, -0.15) is 0 Å². The second-order valence-corrected chi connectivity index (χ2v) is 6.52. The molecule has 4 heteroatoms. The Labute approximate surface area is 119 Å². The third-order valence-electron chi connectivity index (χ3n) is 4.04. The highest BCUT2D eigenvalue weighted by atomic mass is 16.5. The van der Waals surface area contributed by atoms with Gasteiger partial charge in [-0.15, -0.1) is 0 Å². The molecule has 1 aliphatic heterocycles. The average Bonchev–Trinajstić information content (AvgIpc) is 3.02. The number of benzene rings is 1. The first-order chi connectivity index (χ1) is 9.49. The van der Waals surface area contributed by atoms with Crippen molar-refractivity contribution < 1.29 is 9.15 Å². The number of nitrogens with zero attached hydrogens (tertiary/aromatic N) is 1.